The molecule has 0 aliphatic carbocycles. The standard InChI is InChI=1S/C42H82O5/c1-4-5-6-7-8-9-10-11-12-13-14-15-16-20-23-26-29-32-35-41(44)46-37-40(43)38-47-42(45)36-33-30-27-24-21-18-17-19-22-25-28-31-34-39(2)3/h39-40,43H,4-38H2,1-3H3/t40-/m1/s1. The second-order valence-corrected chi connectivity index (χ2v) is 15.0. The molecule has 0 rings (SSSR count). The molecule has 280 valence electrons. The molecule has 0 aromatic heterocycles. The molecule has 0 aromatic carbocycles. The summed E-state index contributed by atoms with van der Waals surface area (Å²) in [5, 5.41) is 10.0. The molecule has 0 saturated heterocycles. The number of aliphatic hydroxyl groups is 1. The van der Waals surface area contributed by atoms with Gasteiger partial charge in [0.15, 0.2) is 0 Å². The van der Waals surface area contributed by atoms with Crippen LogP contribution in [-0.4, -0.2) is 36.4 Å². The van der Waals surface area contributed by atoms with Crippen molar-refractivity contribution in [1.82, 2.24) is 0 Å². The van der Waals surface area contributed by atoms with Crippen LogP contribution in [0.25, 0.3) is 0 Å². The molecule has 1 atom stereocenters. The van der Waals surface area contributed by atoms with Gasteiger partial charge in [-0.15, -0.1) is 0 Å². The third-order valence-corrected chi connectivity index (χ3v) is 9.52. The van der Waals surface area contributed by atoms with Gasteiger partial charge < -0.3 is 14.6 Å². The predicted molar refractivity (Wildman–Crippen MR) is 201 cm³/mol. The van der Waals surface area contributed by atoms with Gasteiger partial charge in [-0.05, 0) is 18.8 Å². The minimum atomic E-state index is -0.955. The Labute approximate surface area is 293 Å². The van der Waals surface area contributed by atoms with Crippen molar-refractivity contribution in [1.29, 1.82) is 0 Å². The number of carbonyl (C=O) groups excluding carboxylic acids is 2. The Balaban J connectivity index is 3.36. The average molecular weight is 667 g/mol. The molecule has 5 nitrogen and oxygen atoms in total. The van der Waals surface area contributed by atoms with Crippen molar-refractivity contribution in [2.75, 3.05) is 13.2 Å². The first kappa shape index (κ1) is 45.9. The van der Waals surface area contributed by atoms with Gasteiger partial charge in [0.05, 0.1) is 0 Å². The summed E-state index contributed by atoms with van der Waals surface area (Å²) in [6, 6.07) is 0. The molecule has 0 amide bonds. The summed E-state index contributed by atoms with van der Waals surface area (Å²) in [6.45, 7) is 6.68. The van der Waals surface area contributed by atoms with Gasteiger partial charge in [0.1, 0.15) is 19.3 Å². The number of unbranched alkanes of at least 4 members (excludes halogenated alkanes) is 28. The molecule has 0 bridgehead atoms. The molecular weight excluding hydrogens is 584 g/mol. The van der Waals surface area contributed by atoms with Gasteiger partial charge >= 0.3 is 11.9 Å². The molecule has 0 aliphatic rings. The molecule has 0 spiro atoms. The lowest BCUT2D eigenvalue weighted by molar-refractivity contribution is -0.152. The van der Waals surface area contributed by atoms with E-state index >= 15 is 0 Å². The molecule has 47 heavy (non-hydrogen) atoms. The maximum Gasteiger partial charge on any atom is 0.305 e. The van der Waals surface area contributed by atoms with E-state index in [1.54, 1.807) is 0 Å². The van der Waals surface area contributed by atoms with Crippen LogP contribution in [0, 0.1) is 5.92 Å². The molecule has 0 fully saturated rings. The van der Waals surface area contributed by atoms with Crippen molar-refractivity contribution in [3.63, 3.8) is 0 Å². The summed E-state index contributed by atoms with van der Waals surface area (Å²) in [5.74, 6) is 0.293. The van der Waals surface area contributed by atoms with Gasteiger partial charge in [-0.2, -0.15) is 0 Å². The highest BCUT2D eigenvalue weighted by Crippen LogP contribution is 2.16. The number of hydrogen-bond acceptors (Lipinski definition) is 5. The highest BCUT2D eigenvalue weighted by Gasteiger charge is 2.12. The van der Waals surface area contributed by atoms with Gasteiger partial charge in [-0.25, -0.2) is 0 Å². The van der Waals surface area contributed by atoms with Crippen LogP contribution < -0.4 is 0 Å². The first-order chi connectivity index (χ1) is 23.0. The van der Waals surface area contributed by atoms with Gasteiger partial charge in [0.2, 0.25) is 0 Å². The van der Waals surface area contributed by atoms with Crippen molar-refractivity contribution in [2.45, 2.75) is 239 Å². The van der Waals surface area contributed by atoms with Crippen molar-refractivity contribution in [3.8, 4) is 0 Å². The van der Waals surface area contributed by atoms with Gasteiger partial charge in [-0.1, -0.05) is 207 Å². The fraction of sp³-hybridized carbons (Fsp3) is 0.952. The average Bonchev–Trinajstić information content (AvgIpc) is 3.05. The molecule has 5 heteroatoms. The maximum atomic E-state index is 12.0. The highest BCUT2D eigenvalue weighted by atomic mass is 16.6. The van der Waals surface area contributed by atoms with E-state index in [1.165, 1.54) is 173 Å². The lowest BCUT2D eigenvalue weighted by Crippen LogP contribution is -2.25. The minimum absolute atomic E-state index is 0.108. The van der Waals surface area contributed by atoms with Crippen molar-refractivity contribution in [3.05, 3.63) is 0 Å². The van der Waals surface area contributed by atoms with E-state index in [0.29, 0.717) is 12.8 Å². The molecular formula is C42H82O5. The van der Waals surface area contributed by atoms with Gasteiger partial charge in [0.25, 0.3) is 0 Å². The monoisotopic (exact) mass is 667 g/mol. The van der Waals surface area contributed by atoms with Crippen molar-refractivity contribution in [2.24, 2.45) is 5.92 Å². The van der Waals surface area contributed by atoms with Crippen LogP contribution in [0.5, 0.6) is 0 Å². The Hall–Kier alpha value is -1.10. The number of aliphatic hydroxyl groups excluding tert-OH is 1. The second kappa shape index (κ2) is 37.7. The van der Waals surface area contributed by atoms with E-state index in [9.17, 15) is 14.7 Å². The zero-order chi connectivity index (χ0) is 34.5. The van der Waals surface area contributed by atoms with E-state index in [1.807, 2.05) is 0 Å². The normalized spacial score (nSPS) is 12.1. The van der Waals surface area contributed by atoms with Crippen LogP contribution in [0.15, 0.2) is 0 Å². The number of ether oxygens (including phenoxy) is 2. The number of hydrogen-bond donors (Lipinski definition) is 1. The van der Waals surface area contributed by atoms with Crippen LogP contribution in [0.4, 0.5) is 0 Å². The quantitative estimate of drug-likeness (QED) is 0.0524. The number of carbonyl (C=O) groups is 2. The zero-order valence-corrected chi connectivity index (χ0v) is 32.0. The molecule has 0 saturated carbocycles. The molecule has 0 heterocycles. The van der Waals surface area contributed by atoms with Crippen LogP contribution in [0.2, 0.25) is 0 Å². The van der Waals surface area contributed by atoms with Crippen LogP contribution in [0.1, 0.15) is 233 Å². The summed E-state index contributed by atoms with van der Waals surface area (Å²) >= 11 is 0. The third kappa shape index (κ3) is 39.2. The third-order valence-electron chi connectivity index (χ3n) is 9.52. The molecule has 0 radical (unpaired) electrons. The lowest BCUT2D eigenvalue weighted by atomic mass is 10.0. The van der Waals surface area contributed by atoms with Gasteiger partial charge in [0, 0.05) is 12.8 Å². The summed E-state index contributed by atoms with van der Waals surface area (Å²) in [5.41, 5.74) is 0. The zero-order valence-electron chi connectivity index (χ0n) is 32.0. The Morgan fingerprint density at radius 1 is 0.426 bits per heavy atom. The smallest absolute Gasteiger partial charge is 0.305 e. The Morgan fingerprint density at radius 3 is 0.957 bits per heavy atom. The largest absolute Gasteiger partial charge is 0.463 e. The summed E-state index contributed by atoms with van der Waals surface area (Å²) in [7, 11) is 0. The van der Waals surface area contributed by atoms with E-state index in [0.717, 1.165) is 31.6 Å². The maximum absolute atomic E-state index is 12.0. The molecule has 1 N–H and O–H groups in total. The van der Waals surface area contributed by atoms with E-state index in [-0.39, 0.29) is 25.2 Å². The number of esters is 2. The molecule has 0 aliphatic heterocycles. The predicted octanol–water partition coefficient (Wildman–Crippen LogP) is 13.0. The highest BCUT2D eigenvalue weighted by molar-refractivity contribution is 5.69. The SMILES string of the molecule is CCCCCCCCCCCCCCCCCCCCC(=O)OC[C@@H](O)COC(=O)CCCCCCCCCCCCCCC(C)C. The van der Waals surface area contributed by atoms with Crippen LogP contribution in [0.3, 0.4) is 0 Å². The van der Waals surface area contributed by atoms with E-state index < -0.39 is 6.10 Å². The summed E-state index contributed by atoms with van der Waals surface area (Å²) in [6.07, 6.45) is 40.2. The fourth-order valence-corrected chi connectivity index (χ4v) is 6.33. The summed E-state index contributed by atoms with van der Waals surface area (Å²) in [4.78, 5) is 24.0. The summed E-state index contributed by atoms with van der Waals surface area (Å²) < 4.78 is 10.4. The van der Waals surface area contributed by atoms with Crippen molar-refractivity contribution >= 4 is 11.9 Å². The first-order valence-electron chi connectivity index (χ1n) is 20.9. The van der Waals surface area contributed by atoms with E-state index in [2.05, 4.69) is 20.8 Å². The Bertz CT molecular complexity index is 649. The number of rotatable bonds is 38. The lowest BCUT2D eigenvalue weighted by Gasteiger charge is -2.12. The van der Waals surface area contributed by atoms with Crippen LogP contribution >= 0.6 is 0 Å². The first-order valence-corrected chi connectivity index (χ1v) is 20.9. The Kier molecular flexibility index (Phi) is 36.8. The molecule has 0 unspecified atom stereocenters. The van der Waals surface area contributed by atoms with Crippen molar-refractivity contribution < 1.29 is 24.2 Å². The van der Waals surface area contributed by atoms with E-state index in [4.69, 9.17) is 9.47 Å². The van der Waals surface area contributed by atoms with Crippen LogP contribution in [-0.2, 0) is 19.1 Å². The Morgan fingerprint density at radius 2 is 0.681 bits per heavy atom. The van der Waals surface area contributed by atoms with Gasteiger partial charge in [-0.3, -0.25) is 9.59 Å². The minimum Gasteiger partial charge on any atom is -0.463 e. The molecule has 0 aromatic rings. The second-order valence-electron chi connectivity index (χ2n) is 15.0. The topological polar surface area (TPSA) is 72.8 Å². The fourth-order valence-electron chi connectivity index (χ4n) is 6.33.